The molecule has 0 radical (unpaired) electrons. The van der Waals surface area contributed by atoms with Crippen LogP contribution in [0.15, 0.2) is 24.3 Å². The first-order valence-electron chi connectivity index (χ1n) is 12.1. The number of halogens is 1. The van der Waals surface area contributed by atoms with Gasteiger partial charge in [-0.15, -0.1) is 0 Å². The van der Waals surface area contributed by atoms with Crippen molar-refractivity contribution < 1.29 is 28.3 Å². The lowest BCUT2D eigenvalue weighted by Crippen LogP contribution is -2.54. The summed E-state index contributed by atoms with van der Waals surface area (Å²) in [6.07, 6.45) is 2.01. The Kier molecular flexibility index (Phi) is 6.75. The van der Waals surface area contributed by atoms with Crippen molar-refractivity contribution >= 4 is 29.5 Å². The number of amides is 4. The maximum absolute atomic E-state index is 13.1. The maximum atomic E-state index is 13.1. The van der Waals surface area contributed by atoms with Gasteiger partial charge in [0.05, 0.1) is 0 Å². The van der Waals surface area contributed by atoms with Crippen LogP contribution in [0.1, 0.15) is 40.0 Å². The number of nitrogens with one attached hydrogen (secondary N) is 1. The predicted molar refractivity (Wildman–Crippen MR) is 126 cm³/mol. The summed E-state index contributed by atoms with van der Waals surface area (Å²) in [5.41, 5.74) is -0.213. The Labute approximate surface area is 204 Å². The van der Waals surface area contributed by atoms with Crippen LogP contribution in [0.4, 0.5) is 14.9 Å². The van der Waals surface area contributed by atoms with Crippen LogP contribution in [0.2, 0.25) is 0 Å². The lowest BCUT2D eigenvalue weighted by atomic mass is 9.64. The highest BCUT2D eigenvalue weighted by Gasteiger charge is 2.56. The molecule has 4 rings (SSSR count). The number of benzene rings is 1. The van der Waals surface area contributed by atoms with Gasteiger partial charge in [0.2, 0.25) is 0 Å². The van der Waals surface area contributed by atoms with Crippen LogP contribution < -0.4 is 10.2 Å². The third kappa shape index (κ3) is 5.41. The Balaban J connectivity index is 1.25. The summed E-state index contributed by atoms with van der Waals surface area (Å²) in [6.45, 7) is 7.27. The highest BCUT2D eigenvalue weighted by molar-refractivity contribution is 6.08. The molecule has 190 valence electrons. The third-order valence-electron chi connectivity index (χ3n) is 7.09. The number of esters is 1. The van der Waals surface area contributed by atoms with Crippen molar-refractivity contribution in [2.75, 3.05) is 44.2 Å². The summed E-state index contributed by atoms with van der Waals surface area (Å²) >= 11 is 0. The number of imide groups is 1. The van der Waals surface area contributed by atoms with Crippen molar-refractivity contribution in [2.45, 2.75) is 45.6 Å². The number of piperazine rings is 1. The number of hydrogen-bond acceptors (Lipinski definition) is 6. The number of anilines is 1. The fourth-order valence-corrected chi connectivity index (χ4v) is 5.92. The lowest BCUT2D eigenvalue weighted by molar-refractivity contribution is -0.154. The highest BCUT2D eigenvalue weighted by Crippen LogP contribution is 2.46. The van der Waals surface area contributed by atoms with Crippen molar-refractivity contribution in [1.29, 1.82) is 0 Å². The lowest BCUT2D eigenvalue weighted by Gasteiger charge is -2.43. The van der Waals surface area contributed by atoms with Crippen LogP contribution in [0.3, 0.4) is 0 Å². The molecule has 4 amide bonds. The van der Waals surface area contributed by atoms with Gasteiger partial charge >= 0.3 is 12.0 Å². The average Bonchev–Trinajstić information content (AvgIpc) is 2.99. The number of nitrogens with zero attached hydrogens (tertiary/aromatic N) is 3. The van der Waals surface area contributed by atoms with Gasteiger partial charge in [-0.2, -0.15) is 0 Å². The average molecular weight is 489 g/mol. The van der Waals surface area contributed by atoms with Gasteiger partial charge in [0.15, 0.2) is 6.61 Å². The Hall–Kier alpha value is -3.17. The number of ether oxygens (including phenoxy) is 1. The number of hydrogen-bond donors (Lipinski definition) is 1. The standard InChI is InChI=1S/C25H33FN4O5/c1-17-12-24(2,3)16-25(13-17)22(33)30(23(34)27-25)14-21(32)35-15-20(31)29-10-8-28(9-11-29)19-6-4-18(26)5-7-19/h4-7,17H,8-16H2,1-3H3,(H,27,34). The summed E-state index contributed by atoms with van der Waals surface area (Å²) in [5, 5.41) is 2.83. The SMILES string of the molecule is CC1CC(C)(C)CC2(C1)NC(=O)N(CC(=O)OCC(=O)N1CCN(c3ccc(F)cc3)CC1)C2=O. The summed E-state index contributed by atoms with van der Waals surface area (Å²) in [4.78, 5) is 55.2. The minimum Gasteiger partial charge on any atom is -0.454 e. The molecule has 1 spiro atoms. The molecule has 0 aromatic heterocycles. The zero-order valence-corrected chi connectivity index (χ0v) is 20.5. The van der Waals surface area contributed by atoms with Gasteiger partial charge < -0.3 is 19.9 Å². The van der Waals surface area contributed by atoms with Gasteiger partial charge in [0, 0.05) is 31.9 Å². The van der Waals surface area contributed by atoms with E-state index >= 15 is 0 Å². The third-order valence-corrected chi connectivity index (χ3v) is 7.09. The zero-order valence-electron chi connectivity index (χ0n) is 20.5. The Morgan fingerprint density at radius 2 is 1.74 bits per heavy atom. The smallest absolute Gasteiger partial charge is 0.326 e. The first kappa shape index (κ1) is 24.9. The first-order chi connectivity index (χ1) is 16.5. The number of carbonyl (C=O) groups is 4. The van der Waals surface area contributed by atoms with Crippen LogP contribution in [0.5, 0.6) is 0 Å². The van der Waals surface area contributed by atoms with Gasteiger partial charge in [-0.1, -0.05) is 20.8 Å². The largest absolute Gasteiger partial charge is 0.454 e. The molecule has 2 heterocycles. The molecule has 9 nitrogen and oxygen atoms in total. The van der Waals surface area contributed by atoms with Gasteiger partial charge in [0.1, 0.15) is 17.9 Å². The number of carbonyl (C=O) groups excluding carboxylic acids is 4. The van der Waals surface area contributed by atoms with Crippen molar-refractivity contribution in [3.8, 4) is 0 Å². The Morgan fingerprint density at radius 1 is 1.09 bits per heavy atom. The molecule has 1 aromatic rings. The van der Waals surface area contributed by atoms with E-state index in [0.29, 0.717) is 39.0 Å². The Bertz CT molecular complexity index is 1010. The van der Waals surface area contributed by atoms with E-state index in [4.69, 9.17) is 4.74 Å². The van der Waals surface area contributed by atoms with E-state index in [9.17, 15) is 23.6 Å². The Morgan fingerprint density at radius 3 is 2.37 bits per heavy atom. The monoisotopic (exact) mass is 488 g/mol. The molecule has 2 aliphatic heterocycles. The van der Waals surface area contributed by atoms with Gasteiger partial charge in [-0.3, -0.25) is 19.3 Å². The maximum Gasteiger partial charge on any atom is 0.326 e. The van der Waals surface area contributed by atoms with E-state index in [-0.39, 0.29) is 23.1 Å². The second-order valence-electron chi connectivity index (χ2n) is 10.8. The highest BCUT2D eigenvalue weighted by atomic mass is 19.1. The molecule has 1 N–H and O–H groups in total. The zero-order chi connectivity index (χ0) is 25.4. The van der Waals surface area contributed by atoms with Gasteiger partial charge in [-0.25, -0.2) is 9.18 Å². The van der Waals surface area contributed by atoms with E-state index in [0.717, 1.165) is 17.0 Å². The van der Waals surface area contributed by atoms with E-state index in [1.807, 2.05) is 0 Å². The molecule has 35 heavy (non-hydrogen) atoms. The summed E-state index contributed by atoms with van der Waals surface area (Å²) in [6, 6.07) is 5.59. The molecule has 2 saturated heterocycles. The second kappa shape index (κ2) is 9.47. The van der Waals surface area contributed by atoms with Crippen LogP contribution in [0.25, 0.3) is 0 Å². The van der Waals surface area contributed by atoms with Crippen molar-refractivity contribution in [1.82, 2.24) is 15.1 Å². The fraction of sp³-hybridized carbons (Fsp3) is 0.600. The molecule has 2 unspecified atom stereocenters. The molecular formula is C25H33FN4O5. The van der Waals surface area contributed by atoms with E-state index in [1.165, 1.54) is 12.1 Å². The van der Waals surface area contributed by atoms with Gasteiger partial charge in [-0.05, 0) is 54.9 Å². The normalized spacial score (nSPS) is 26.2. The molecule has 3 aliphatic rings. The molecule has 2 atom stereocenters. The van der Waals surface area contributed by atoms with E-state index in [1.54, 1.807) is 17.0 Å². The summed E-state index contributed by atoms with van der Waals surface area (Å²) in [5.74, 6) is -1.58. The summed E-state index contributed by atoms with van der Waals surface area (Å²) < 4.78 is 18.2. The molecule has 1 aromatic carbocycles. The number of urea groups is 1. The molecule has 0 bridgehead atoms. The quantitative estimate of drug-likeness (QED) is 0.504. The molecule has 1 aliphatic carbocycles. The molecular weight excluding hydrogens is 455 g/mol. The number of rotatable bonds is 5. The predicted octanol–water partition coefficient (Wildman–Crippen LogP) is 2.15. The molecule has 1 saturated carbocycles. The summed E-state index contributed by atoms with van der Waals surface area (Å²) in [7, 11) is 0. The van der Waals surface area contributed by atoms with Crippen molar-refractivity contribution in [3.63, 3.8) is 0 Å². The van der Waals surface area contributed by atoms with Crippen LogP contribution in [0, 0.1) is 17.2 Å². The fourth-order valence-electron chi connectivity index (χ4n) is 5.92. The minimum absolute atomic E-state index is 0.107. The molecule has 10 heteroatoms. The van der Waals surface area contributed by atoms with Crippen molar-refractivity contribution in [3.05, 3.63) is 30.1 Å². The second-order valence-corrected chi connectivity index (χ2v) is 10.8. The minimum atomic E-state index is -0.988. The first-order valence-corrected chi connectivity index (χ1v) is 12.1. The molecule has 3 fully saturated rings. The van der Waals surface area contributed by atoms with Crippen LogP contribution in [-0.2, 0) is 19.1 Å². The van der Waals surface area contributed by atoms with Gasteiger partial charge in [0.25, 0.3) is 11.8 Å². The van der Waals surface area contributed by atoms with Crippen LogP contribution in [-0.4, -0.2) is 78.5 Å². The van der Waals surface area contributed by atoms with E-state index in [2.05, 4.69) is 31.0 Å². The van der Waals surface area contributed by atoms with Crippen LogP contribution >= 0.6 is 0 Å². The topological polar surface area (TPSA) is 99.3 Å². The van der Waals surface area contributed by atoms with E-state index < -0.39 is 36.6 Å². The van der Waals surface area contributed by atoms with Crippen molar-refractivity contribution in [2.24, 2.45) is 11.3 Å².